The van der Waals surface area contributed by atoms with Crippen molar-refractivity contribution >= 4 is 5.91 Å². The Morgan fingerprint density at radius 1 is 1.42 bits per heavy atom. The summed E-state index contributed by atoms with van der Waals surface area (Å²) in [7, 11) is 0. The molecule has 1 amide bonds. The molecule has 2 aromatic rings. The lowest BCUT2D eigenvalue weighted by Gasteiger charge is -2.14. The SMILES string of the molecule is Cc1noc(C(=O)N[C@@H](CO)Cc2ccccc2)n1. The van der Waals surface area contributed by atoms with Gasteiger partial charge in [-0.2, -0.15) is 4.98 Å². The Kier molecular flexibility index (Phi) is 4.25. The minimum atomic E-state index is -0.476. The molecule has 0 unspecified atom stereocenters. The molecule has 0 radical (unpaired) electrons. The Bertz CT molecular complexity index is 539. The lowest BCUT2D eigenvalue weighted by molar-refractivity contribution is 0.0872. The van der Waals surface area contributed by atoms with Crippen LogP contribution in [0.4, 0.5) is 0 Å². The second kappa shape index (κ2) is 6.10. The Labute approximate surface area is 110 Å². The summed E-state index contributed by atoms with van der Waals surface area (Å²) in [6.07, 6.45) is 0.538. The minimum absolute atomic E-state index is 0.0935. The second-order valence-corrected chi connectivity index (χ2v) is 4.19. The van der Waals surface area contributed by atoms with Crippen molar-refractivity contribution < 1.29 is 14.4 Å². The van der Waals surface area contributed by atoms with Gasteiger partial charge in [0.1, 0.15) is 0 Å². The first-order chi connectivity index (χ1) is 9.19. The van der Waals surface area contributed by atoms with E-state index in [1.165, 1.54) is 0 Å². The molecule has 0 saturated heterocycles. The molecule has 0 fully saturated rings. The smallest absolute Gasteiger partial charge is 0.315 e. The number of aromatic nitrogens is 2. The monoisotopic (exact) mass is 261 g/mol. The maximum absolute atomic E-state index is 11.8. The van der Waals surface area contributed by atoms with E-state index in [1.54, 1.807) is 6.92 Å². The number of nitrogens with one attached hydrogen (secondary N) is 1. The van der Waals surface area contributed by atoms with E-state index in [1.807, 2.05) is 30.3 Å². The van der Waals surface area contributed by atoms with Gasteiger partial charge in [0.15, 0.2) is 5.82 Å². The lowest BCUT2D eigenvalue weighted by atomic mass is 10.1. The van der Waals surface area contributed by atoms with Crippen molar-refractivity contribution in [3.8, 4) is 0 Å². The number of amides is 1. The minimum Gasteiger partial charge on any atom is -0.394 e. The molecule has 6 heteroatoms. The lowest BCUT2D eigenvalue weighted by Crippen LogP contribution is -2.39. The van der Waals surface area contributed by atoms with Gasteiger partial charge in [-0.1, -0.05) is 35.5 Å². The molecule has 0 spiro atoms. The van der Waals surface area contributed by atoms with E-state index >= 15 is 0 Å². The average Bonchev–Trinajstić information content (AvgIpc) is 2.86. The summed E-state index contributed by atoms with van der Waals surface area (Å²) in [6, 6.07) is 9.22. The molecule has 100 valence electrons. The van der Waals surface area contributed by atoms with Gasteiger partial charge in [-0.15, -0.1) is 0 Å². The molecule has 6 nitrogen and oxygen atoms in total. The van der Waals surface area contributed by atoms with E-state index in [0.29, 0.717) is 12.2 Å². The summed E-state index contributed by atoms with van der Waals surface area (Å²) in [4.78, 5) is 15.6. The van der Waals surface area contributed by atoms with Gasteiger partial charge < -0.3 is 14.9 Å². The van der Waals surface area contributed by atoms with Crippen LogP contribution in [-0.2, 0) is 6.42 Å². The van der Waals surface area contributed by atoms with Gasteiger partial charge in [-0.05, 0) is 18.9 Å². The number of benzene rings is 1. The summed E-state index contributed by atoms with van der Waals surface area (Å²) >= 11 is 0. The van der Waals surface area contributed by atoms with Crippen molar-refractivity contribution in [1.29, 1.82) is 0 Å². The Morgan fingerprint density at radius 3 is 2.74 bits per heavy atom. The average molecular weight is 261 g/mol. The Balaban J connectivity index is 1.97. The fraction of sp³-hybridized carbons (Fsp3) is 0.308. The highest BCUT2D eigenvalue weighted by Crippen LogP contribution is 2.04. The normalized spacial score (nSPS) is 12.1. The standard InChI is InChI=1S/C13H15N3O3/c1-9-14-13(19-16-9)12(18)15-11(8-17)7-10-5-3-2-4-6-10/h2-6,11,17H,7-8H2,1H3,(H,15,18)/t11-/m1/s1. The molecule has 1 atom stereocenters. The number of carbonyl (C=O) groups is 1. The number of carbonyl (C=O) groups excluding carboxylic acids is 1. The summed E-state index contributed by atoms with van der Waals surface area (Å²) in [5.74, 6) is -0.173. The molecule has 0 aliphatic rings. The number of aryl methyl sites for hydroxylation is 1. The molecule has 0 saturated carbocycles. The van der Waals surface area contributed by atoms with Crippen molar-refractivity contribution in [3.05, 3.63) is 47.6 Å². The molecule has 0 aliphatic heterocycles. The van der Waals surface area contributed by atoms with Crippen LogP contribution in [-0.4, -0.2) is 33.8 Å². The molecule has 2 rings (SSSR count). The molecular formula is C13H15N3O3. The van der Waals surface area contributed by atoms with Crippen LogP contribution in [0.2, 0.25) is 0 Å². The molecule has 0 aliphatic carbocycles. The third-order valence-electron chi connectivity index (χ3n) is 2.60. The van der Waals surface area contributed by atoms with Crippen LogP contribution in [0.15, 0.2) is 34.9 Å². The van der Waals surface area contributed by atoms with Crippen molar-refractivity contribution in [2.75, 3.05) is 6.61 Å². The van der Waals surface area contributed by atoms with E-state index in [4.69, 9.17) is 4.52 Å². The third kappa shape index (κ3) is 3.62. The first-order valence-corrected chi connectivity index (χ1v) is 5.95. The van der Waals surface area contributed by atoms with Crippen molar-refractivity contribution in [2.45, 2.75) is 19.4 Å². The predicted octanol–water partition coefficient (Wildman–Crippen LogP) is 0.711. The summed E-state index contributed by atoms with van der Waals surface area (Å²) in [5, 5.41) is 15.5. The van der Waals surface area contributed by atoms with Gasteiger partial charge in [-0.25, -0.2) is 0 Å². The van der Waals surface area contributed by atoms with E-state index in [9.17, 15) is 9.90 Å². The highest BCUT2D eigenvalue weighted by Gasteiger charge is 2.18. The zero-order chi connectivity index (χ0) is 13.7. The quantitative estimate of drug-likeness (QED) is 0.827. The summed E-state index contributed by atoms with van der Waals surface area (Å²) < 4.78 is 4.77. The molecule has 1 aromatic heterocycles. The van der Waals surface area contributed by atoms with Crippen LogP contribution in [0, 0.1) is 6.92 Å². The van der Waals surface area contributed by atoms with Crippen molar-refractivity contribution in [3.63, 3.8) is 0 Å². The van der Waals surface area contributed by atoms with Gasteiger partial charge in [0.25, 0.3) is 0 Å². The fourth-order valence-corrected chi connectivity index (χ4v) is 1.70. The maximum atomic E-state index is 11.8. The van der Waals surface area contributed by atoms with Crippen molar-refractivity contribution in [1.82, 2.24) is 15.5 Å². The van der Waals surface area contributed by atoms with E-state index in [2.05, 4.69) is 15.5 Å². The van der Waals surface area contributed by atoms with Crippen LogP contribution >= 0.6 is 0 Å². The highest BCUT2D eigenvalue weighted by molar-refractivity contribution is 5.89. The molecule has 2 N–H and O–H groups in total. The summed E-state index contributed by atoms with van der Waals surface area (Å²) in [6.45, 7) is 1.47. The van der Waals surface area contributed by atoms with Crippen LogP contribution in [0.25, 0.3) is 0 Å². The van der Waals surface area contributed by atoms with Gasteiger partial charge >= 0.3 is 11.8 Å². The molecule has 0 bridgehead atoms. The number of nitrogens with zero attached hydrogens (tertiary/aromatic N) is 2. The third-order valence-corrected chi connectivity index (χ3v) is 2.60. The number of hydrogen-bond donors (Lipinski definition) is 2. The first kappa shape index (κ1) is 13.2. The number of rotatable bonds is 5. The van der Waals surface area contributed by atoms with Gasteiger partial charge in [0, 0.05) is 0 Å². The zero-order valence-corrected chi connectivity index (χ0v) is 10.5. The molecule has 1 heterocycles. The largest absolute Gasteiger partial charge is 0.394 e. The van der Waals surface area contributed by atoms with Gasteiger partial charge in [0.2, 0.25) is 0 Å². The van der Waals surface area contributed by atoms with Crippen molar-refractivity contribution in [2.24, 2.45) is 0 Å². The predicted molar refractivity (Wildman–Crippen MR) is 67.5 cm³/mol. The fourth-order valence-electron chi connectivity index (χ4n) is 1.70. The number of aliphatic hydroxyl groups is 1. The number of aliphatic hydroxyl groups excluding tert-OH is 1. The second-order valence-electron chi connectivity index (χ2n) is 4.19. The topological polar surface area (TPSA) is 88.2 Å². The molecule has 1 aromatic carbocycles. The Morgan fingerprint density at radius 2 is 2.16 bits per heavy atom. The van der Waals surface area contributed by atoms with Crippen LogP contribution in [0.5, 0.6) is 0 Å². The van der Waals surface area contributed by atoms with Crippen LogP contribution < -0.4 is 5.32 Å². The zero-order valence-electron chi connectivity index (χ0n) is 10.5. The van der Waals surface area contributed by atoms with Crippen LogP contribution in [0.1, 0.15) is 22.1 Å². The molecular weight excluding hydrogens is 246 g/mol. The van der Waals surface area contributed by atoms with E-state index in [0.717, 1.165) is 5.56 Å². The van der Waals surface area contributed by atoms with Gasteiger partial charge in [-0.3, -0.25) is 4.79 Å². The van der Waals surface area contributed by atoms with E-state index < -0.39 is 5.91 Å². The number of hydrogen-bond acceptors (Lipinski definition) is 5. The summed E-state index contributed by atoms with van der Waals surface area (Å²) in [5.41, 5.74) is 1.03. The van der Waals surface area contributed by atoms with Crippen LogP contribution in [0.3, 0.4) is 0 Å². The Hall–Kier alpha value is -2.21. The molecule has 19 heavy (non-hydrogen) atoms. The van der Waals surface area contributed by atoms with Gasteiger partial charge in [0.05, 0.1) is 12.6 Å². The highest BCUT2D eigenvalue weighted by atomic mass is 16.5. The van der Waals surface area contributed by atoms with E-state index in [-0.39, 0.29) is 18.5 Å². The maximum Gasteiger partial charge on any atom is 0.315 e. The first-order valence-electron chi connectivity index (χ1n) is 5.95.